The first-order chi connectivity index (χ1) is 7.52. The third-order valence-electron chi connectivity index (χ3n) is 2.33. The molecule has 2 N–H and O–H groups in total. The van der Waals surface area contributed by atoms with Gasteiger partial charge in [0.15, 0.2) is 0 Å². The Labute approximate surface area is 110 Å². The summed E-state index contributed by atoms with van der Waals surface area (Å²) in [5.74, 6) is 0.656. The summed E-state index contributed by atoms with van der Waals surface area (Å²) in [4.78, 5) is 1.20. The first-order valence-corrected chi connectivity index (χ1v) is 7.24. The molecule has 0 aliphatic heterocycles. The van der Waals surface area contributed by atoms with E-state index in [0.717, 1.165) is 10.2 Å². The number of halogens is 1. The molecule has 2 atom stereocenters. The molecule has 0 saturated heterocycles. The lowest BCUT2D eigenvalue weighted by Gasteiger charge is -2.21. The van der Waals surface area contributed by atoms with Gasteiger partial charge in [-0.25, -0.2) is 0 Å². The van der Waals surface area contributed by atoms with Gasteiger partial charge in [-0.3, -0.25) is 0 Å². The Balaban J connectivity index is 2.55. The molecule has 0 aliphatic rings. The molecule has 0 aliphatic carbocycles. The Hall–Kier alpha value is 0.1000. The average molecular weight is 306 g/mol. The zero-order chi connectivity index (χ0) is 12.1. The van der Waals surface area contributed by atoms with Crippen molar-refractivity contribution in [3.05, 3.63) is 20.8 Å². The van der Waals surface area contributed by atoms with Crippen LogP contribution in [0.1, 0.15) is 38.2 Å². The van der Waals surface area contributed by atoms with Gasteiger partial charge in [0.2, 0.25) is 0 Å². The minimum absolute atomic E-state index is 0.0325. The number of thiophene rings is 1. The molecule has 2 nitrogen and oxygen atoms in total. The summed E-state index contributed by atoms with van der Waals surface area (Å²) in [6.07, 6.45) is 1.36. The maximum absolute atomic E-state index is 5.97. The van der Waals surface area contributed by atoms with Crippen LogP contribution in [0.4, 0.5) is 0 Å². The summed E-state index contributed by atoms with van der Waals surface area (Å²) in [7, 11) is 0. The summed E-state index contributed by atoms with van der Waals surface area (Å²) in [6, 6.07) is 4.12. The van der Waals surface area contributed by atoms with E-state index in [1.54, 1.807) is 11.3 Å². The van der Waals surface area contributed by atoms with Gasteiger partial charge < -0.3 is 10.5 Å². The third kappa shape index (κ3) is 4.53. The zero-order valence-electron chi connectivity index (χ0n) is 10.1. The van der Waals surface area contributed by atoms with Gasteiger partial charge in [0.05, 0.1) is 9.89 Å². The topological polar surface area (TPSA) is 35.2 Å². The standard InChI is InChI=1S/C12H20BrNOS/c1-8(2)6-9(3)15-10(7-14)11-4-5-12(13)16-11/h4-5,8-10H,6-7,14H2,1-3H3. The largest absolute Gasteiger partial charge is 0.368 e. The van der Waals surface area contributed by atoms with Crippen LogP contribution in [0.3, 0.4) is 0 Å². The molecule has 0 spiro atoms. The van der Waals surface area contributed by atoms with Gasteiger partial charge in [-0.05, 0) is 47.3 Å². The van der Waals surface area contributed by atoms with Crippen LogP contribution in [0.25, 0.3) is 0 Å². The van der Waals surface area contributed by atoms with Crippen molar-refractivity contribution < 1.29 is 4.74 Å². The molecule has 2 unspecified atom stereocenters. The molecule has 4 heteroatoms. The molecule has 92 valence electrons. The highest BCUT2D eigenvalue weighted by Crippen LogP contribution is 2.30. The van der Waals surface area contributed by atoms with E-state index in [2.05, 4.69) is 42.8 Å². The van der Waals surface area contributed by atoms with E-state index >= 15 is 0 Å². The quantitative estimate of drug-likeness (QED) is 0.863. The first kappa shape index (κ1) is 14.2. The lowest BCUT2D eigenvalue weighted by molar-refractivity contribution is -0.00658. The highest BCUT2D eigenvalue weighted by molar-refractivity contribution is 9.11. The van der Waals surface area contributed by atoms with Crippen LogP contribution in [0, 0.1) is 5.92 Å². The van der Waals surface area contributed by atoms with Gasteiger partial charge in [0.1, 0.15) is 6.10 Å². The predicted molar refractivity (Wildman–Crippen MR) is 73.8 cm³/mol. The molecule has 16 heavy (non-hydrogen) atoms. The second-order valence-electron chi connectivity index (χ2n) is 4.44. The summed E-state index contributed by atoms with van der Waals surface area (Å²) in [6.45, 7) is 7.07. The van der Waals surface area contributed by atoms with E-state index in [1.165, 1.54) is 4.88 Å². The van der Waals surface area contributed by atoms with Gasteiger partial charge in [-0.2, -0.15) is 0 Å². The van der Waals surface area contributed by atoms with E-state index in [0.29, 0.717) is 12.5 Å². The maximum atomic E-state index is 5.97. The summed E-state index contributed by atoms with van der Waals surface area (Å²) in [5.41, 5.74) is 5.76. The van der Waals surface area contributed by atoms with Crippen molar-refractivity contribution in [2.24, 2.45) is 11.7 Å². The molecule has 1 heterocycles. The van der Waals surface area contributed by atoms with Crippen LogP contribution >= 0.6 is 27.3 Å². The third-order valence-corrected chi connectivity index (χ3v) is 4.04. The van der Waals surface area contributed by atoms with Crippen LogP contribution in [-0.2, 0) is 4.74 Å². The lowest BCUT2D eigenvalue weighted by Crippen LogP contribution is -2.21. The number of ether oxygens (including phenoxy) is 1. The Morgan fingerprint density at radius 1 is 1.38 bits per heavy atom. The number of nitrogens with two attached hydrogens (primary N) is 1. The van der Waals surface area contributed by atoms with Crippen molar-refractivity contribution >= 4 is 27.3 Å². The number of rotatable bonds is 6. The predicted octanol–water partition coefficient (Wildman–Crippen LogP) is 3.96. The average Bonchev–Trinajstić information content (AvgIpc) is 2.60. The van der Waals surface area contributed by atoms with Crippen LogP contribution in [0.5, 0.6) is 0 Å². The monoisotopic (exact) mass is 305 g/mol. The van der Waals surface area contributed by atoms with Crippen LogP contribution in [0.15, 0.2) is 15.9 Å². The SMILES string of the molecule is CC(C)CC(C)OC(CN)c1ccc(Br)s1. The van der Waals surface area contributed by atoms with Gasteiger partial charge >= 0.3 is 0 Å². The van der Waals surface area contributed by atoms with Crippen molar-refractivity contribution in [1.82, 2.24) is 0 Å². The Morgan fingerprint density at radius 3 is 2.50 bits per heavy atom. The van der Waals surface area contributed by atoms with Crippen molar-refractivity contribution in [2.45, 2.75) is 39.4 Å². The lowest BCUT2D eigenvalue weighted by atomic mass is 10.1. The van der Waals surface area contributed by atoms with E-state index in [-0.39, 0.29) is 12.2 Å². The highest BCUT2D eigenvalue weighted by atomic mass is 79.9. The first-order valence-electron chi connectivity index (χ1n) is 5.63. The van der Waals surface area contributed by atoms with E-state index in [4.69, 9.17) is 10.5 Å². The van der Waals surface area contributed by atoms with Crippen molar-refractivity contribution in [2.75, 3.05) is 6.54 Å². The molecule has 0 amide bonds. The minimum Gasteiger partial charge on any atom is -0.368 e. The summed E-state index contributed by atoms with van der Waals surface area (Å²) in [5, 5.41) is 0. The molecule has 1 aromatic heterocycles. The van der Waals surface area contributed by atoms with Gasteiger partial charge in [0.25, 0.3) is 0 Å². The molecular formula is C12H20BrNOS. The fourth-order valence-corrected chi connectivity index (χ4v) is 3.21. The van der Waals surface area contributed by atoms with Crippen LogP contribution in [0.2, 0.25) is 0 Å². The smallest absolute Gasteiger partial charge is 0.104 e. The van der Waals surface area contributed by atoms with Gasteiger partial charge in [-0.15, -0.1) is 11.3 Å². The van der Waals surface area contributed by atoms with E-state index in [1.807, 2.05) is 6.07 Å². The second kappa shape index (κ2) is 6.74. The Kier molecular flexibility index (Phi) is 5.97. The van der Waals surface area contributed by atoms with E-state index < -0.39 is 0 Å². The molecule has 0 bridgehead atoms. The minimum atomic E-state index is 0.0325. The molecule has 0 saturated carbocycles. The zero-order valence-corrected chi connectivity index (χ0v) is 12.5. The fraction of sp³-hybridized carbons (Fsp3) is 0.667. The van der Waals surface area contributed by atoms with Crippen molar-refractivity contribution in [3.63, 3.8) is 0 Å². The Morgan fingerprint density at radius 2 is 2.06 bits per heavy atom. The molecule has 1 rings (SSSR count). The van der Waals surface area contributed by atoms with Crippen molar-refractivity contribution in [1.29, 1.82) is 0 Å². The second-order valence-corrected chi connectivity index (χ2v) is 6.94. The summed E-state index contributed by atoms with van der Waals surface area (Å²) < 4.78 is 7.10. The molecular weight excluding hydrogens is 286 g/mol. The summed E-state index contributed by atoms with van der Waals surface area (Å²) >= 11 is 5.15. The molecule has 1 aromatic rings. The maximum Gasteiger partial charge on any atom is 0.104 e. The van der Waals surface area contributed by atoms with Gasteiger partial charge in [0, 0.05) is 11.4 Å². The number of hydrogen-bond donors (Lipinski definition) is 1. The molecule has 0 fully saturated rings. The fourth-order valence-electron chi connectivity index (χ4n) is 1.74. The van der Waals surface area contributed by atoms with Gasteiger partial charge in [-0.1, -0.05) is 13.8 Å². The van der Waals surface area contributed by atoms with Crippen LogP contribution < -0.4 is 5.73 Å². The Bertz CT molecular complexity index is 314. The highest BCUT2D eigenvalue weighted by Gasteiger charge is 2.16. The van der Waals surface area contributed by atoms with Crippen molar-refractivity contribution in [3.8, 4) is 0 Å². The normalized spacial score (nSPS) is 15.4. The van der Waals surface area contributed by atoms with E-state index in [9.17, 15) is 0 Å². The molecule has 0 aromatic carbocycles. The number of hydrogen-bond acceptors (Lipinski definition) is 3. The van der Waals surface area contributed by atoms with Crippen LogP contribution in [-0.4, -0.2) is 12.6 Å². The molecule has 0 radical (unpaired) electrons.